The van der Waals surface area contributed by atoms with Gasteiger partial charge in [-0.15, -0.1) is 10.2 Å². The fourth-order valence-corrected chi connectivity index (χ4v) is 3.61. The van der Waals surface area contributed by atoms with Crippen LogP contribution < -0.4 is 4.31 Å². The molecule has 0 aliphatic rings. The highest BCUT2D eigenvalue weighted by Gasteiger charge is 2.34. The summed E-state index contributed by atoms with van der Waals surface area (Å²) in [6, 6.07) is 1.13. The van der Waals surface area contributed by atoms with Crippen LogP contribution in [0.15, 0.2) is 23.1 Å². The molecule has 0 aliphatic carbocycles. The highest BCUT2D eigenvalue weighted by molar-refractivity contribution is 7.93. The summed E-state index contributed by atoms with van der Waals surface area (Å²) in [5.41, 5.74) is -1.38. The number of hydrogen-bond donors (Lipinski definition) is 0. The van der Waals surface area contributed by atoms with Crippen LogP contribution in [-0.2, 0) is 16.2 Å². The molecule has 120 valence electrons. The molecule has 0 saturated carbocycles. The predicted octanol–water partition coefficient (Wildman–Crippen LogP) is 2.83. The van der Waals surface area contributed by atoms with Gasteiger partial charge in [-0.1, -0.05) is 11.3 Å². The SMILES string of the molecule is Cc1nnc(N(C)S(=O)(=O)c2cc(F)cc(C(F)(F)F)c2)s1. The van der Waals surface area contributed by atoms with E-state index in [9.17, 15) is 26.0 Å². The van der Waals surface area contributed by atoms with Crippen LogP contribution in [0.4, 0.5) is 22.7 Å². The Balaban J connectivity index is 2.52. The first kappa shape index (κ1) is 16.6. The van der Waals surface area contributed by atoms with Gasteiger partial charge in [0, 0.05) is 7.05 Å². The van der Waals surface area contributed by atoms with E-state index in [4.69, 9.17) is 0 Å². The Labute approximate surface area is 127 Å². The number of alkyl halides is 3. The molecule has 2 rings (SSSR count). The number of aromatic nitrogens is 2. The second-order valence-corrected chi connectivity index (χ2v) is 7.38. The van der Waals surface area contributed by atoms with Crippen molar-refractivity contribution in [2.75, 3.05) is 11.4 Å². The van der Waals surface area contributed by atoms with Crippen molar-refractivity contribution in [3.63, 3.8) is 0 Å². The number of aryl methyl sites for hydroxylation is 1. The molecule has 2 aromatic rings. The van der Waals surface area contributed by atoms with Crippen LogP contribution in [0.25, 0.3) is 0 Å². The van der Waals surface area contributed by atoms with E-state index in [-0.39, 0.29) is 11.2 Å². The molecule has 1 aromatic heterocycles. The zero-order valence-electron chi connectivity index (χ0n) is 11.2. The minimum atomic E-state index is -4.86. The van der Waals surface area contributed by atoms with Crippen molar-refractivity contribution in [1.29, 1.82) is 0 Å². The number of benzene rings is 1. The van der Waals surface area contributed by atoms with Crippen LogP contribution >= 0.6 is 11.3 Å². The summed E-state index contributed by atoms with van der Waals surface area (Å²) < 4.78 is 76.6. The molecule has 1 aromatic carbocycles. The second kappa shape index (κ2) is 5.47. The van der Waals surface area contributed by atoms with E-state index in [0.717, 1.165) is 18.4 Å². The molecule has 22 heavy (non-hydrogen) atoms. The first-order valence-electron chi connectivity index (χ1n) is 5.68. The number of halogens is 4. The van der Waals surface area contributed by atoms with Crippen LogP contribution in [0, 0.1) is 12.7 Å². The Morgan fingerprint density at radius 2 is 1.82 bits per heavy atom. The molecule has 0 fully saturated rings. The lowest BCUT2D eigenvalue weighted by atomic mass is 10.2. The van der Waals surface area contributed by atoms with E-state index in [2.05, 4.69) is 10.2 Å². The van der Waals surface area contributed by atoms with E-state index in [1.54, 1.807) is 6.92 Å². The van der Waals surface area contributed by atoms with Gasteiger partial charge < -0.3 is 0 Å². The van der Waals surface area contributed by atoms with Crippen molar-refractivity contribution in [3.8, 4) is 0 Å². The third-order valence-electron chi connectivity index (χ3n) is 2.64. The Bertz CT molecular complexity index is 802. The van der Waals surface area contributed by atoms with E-state index in [1.807, 2.05) is 0 Å². The highest BCUT2D eigenvalue weighted by atomic mass is 32.2. The molecule has 0 amide bonds. The minimum absolute atomic E-state index is 0.0321. The number of sulfonamides is 1. The molecule has 0 radical (unpaired) electrons. The fourth-order valence-electron chi connectivity index (χ4n) is 1.55. The van der Waals surface area contributed by atoms with Crippen molar-refractivity contribution in [1.82, 2.24) is 10.2 Å². The monoisotopic (exact) mass is 355 g/mol. The van der Waals surface area contributed by atoms with Gasteiger partial charge in [0.05, 0.1) is 10.5 Å². The van der Waals surface area contributed by atoms with Crippen LogP contribution in [0.2, 0.25) is 0 Å². The quantitative estimate of drug-likeness (QED) is 0.795. The zero-order valence-corrected chi connectivity index (χ0v) is 12.9. The van der Waals surface area contributed by atoms with Crippen LogP contribution in [-0.4, -0.2) is 25.7 Å². The van der Waals surface area contributed by atoms with Crippen molar-refractivity contribution in [3.05, 3.63) is 34.6 Å². The molecule has 1 heterocycles. The molecule has 0 saturated heterocycles. The van der Waals surface area contributed by atoms with Gasteiger partial charge >= 0.3 is 6.18 Å². The second-order valence-electron chi connectivity index (χ2n) is 4.25. The average Bonchev–Trinajstić information content (AvgIpc) is 2.82. The lowest BCUT2D eigenvalue weighted by Gasteiger charge is -2.17. The first-order valence-corrected chi connectivity index (χ1v) is 7.94. The van der Waals surface area contributed by atoms with Gasteiger partial charge in [-0.05, 0) is 25.1 Å². The third-order valence-corrected chi connectivity index (χ3v) is 5.40. The zero-order chi connectivity index (χ0) is 16.7. The van der Waals surface area contributed by atoms with Crippen LogP contribution in [0.5, 0.6) is 0 Å². The normalized spacial score (nSPS) is 12.5. The van der Waals surface area contributed by atoms with Gasteiger partial charge in [0.1, 0.15) is 10.8 Å². The summed E-state index contributed by atoms with van der Waals surface area (Å²) in [5.74, 6) is -1.30. The summed E-state index contributed by atoms with van der Waals surface area (Å²) in [5, 5.41) is 7.67. The number of rotatable bonds is 3. The van der Waals surface area contributed by atoms with Gasteiger partial charge in [-0.2, -0.15) is 13.2 Å². The van der Waals surface area contributed by atoms with E-state index in [1.165, 1.54) is 0 Å². The molecule has 5 nitrogen and oxygen atoms in total. The van der Waals surface area contributed by atoms with Gasteiger partial charge in [-0.25, -0.2) is 17.1 Å². The largest absolute Gasteiger partial charge is 0.416 e. The molecule has 11 heteroatoms. The molecule has 0 spiro atoms. The molecular formula is C11H9F4N3O2S2. The van der Waals surface area contributed by atoms with Crippen molar-refractivity contribution < 1.29 is 26.0 Å². The molecular weight excluding hydrogens is 346 g/mol. The van der Waals surface area contributed by atoms with Crippen LogP contribution in [0.3, 0.4) is 0 Å². The standard InChI is InChI=1S/C11H9F4N3O2S2/c1-6-16-17-10(21-6)18(2)22(19,20)9-4-7(11(13,14)15)3-8(12)5-9/h3-5H,1-2H3. The molecule has 0 N–H and O–H groups in total. The van der Waals surface area contributed by atoms with Crippen molar-refractivity contribution in [2.24, 2.45) is 0 Å². The Kier molecular flexibility index (Phi) is 4.13. The van der Waals surface area contributed by atoms with Crippen molar-refractivity contribution >= 4 is 26.5 Å². The Morgan fingerprint density at radius 1 is 1.18 bits per heavy atom. The summed E-state index contributed by atoms with van der Waals surface area (Å²) in [4.78, 5) is -0.810. The summed E-state index contributed by atoms with van der Waals surface area (Å²) in [7, 11) is -3.28. The third kappa shape index (κ3) is 3.19. The fraction of sp³-hybridized carbons (Fsp3) is 0.273. The maximum atomic E-state index is 13.3. The van der Waals surface area contributed by atoms with Gasteiger partial charge in [-0.3, -0.25) is 0 Å². The molecule has 0 aliphatic heterocycles. The summed E-state index contributed by atoms with van der Waals surface area (Å²) >= 11 is 0.940. The average molecular weight is 355 g/mol. The maximum absolute atomic E-state index is 13.3. The molecule has 0 atom stereocenters. The molecule has 0 bridgehead atoms. The maximum Gasteiger partial charge on any atom is 0.416 e. The minimum Gasteiger partial charge on any atom is -0.243 e. The van der Waals surface area contributed by atoms with E-state index >= 15 is 0 Å². The summed E-state index contributed by atoms with van der Waals surface area (Å²) in [6.07, 6.45) is -4.86. The van der Waals surface area contributed by atoms with E-state index in [0.29, 0.717) is 21.4 Å². The van der Waals surface area contributed by atoms with Gasteiger partial charge in [0.15, 0.2) is 0 Å². The lowest BCUT2D eigenvalue weighted by Crippen LogP contribution is -2.27. The topological polar surface area (TPSA) is 63.2 Å². The number of hydrogen-bond acceptors (Lipinski definition) is 5. The predicted molar refractivity (Wildman–Crippen MR) is 71.6 cm³/mol. The van der Waals surface area contributed by atoms with Gasteiger partial charge in [0.25, 0.3) is 10.0 Å². The molecule has 0 unspecified atom stereocenters. The van der Waals surface area contributed by atoms with E-state index < -0.39 is 32.5 Å². The smallest absolute Gasteiger partial charge is 0.243 e. The number of nitrogens with zero attached hydrogens (tertiary/aromatic N) is 3. The highest BCUT2D eigenvalue weighted by Crippen LogP contribution is 2.33. The lowest BCUT2D eigenvalue weighted by molar-refractivity contribution is -0.137. The van der Waals surface area contributed by atoms with Gasteiger partial charge in [0.2, 0.25) is 5.13 Å². The van der Waals surface area contributed by atoms with Crippen LogP contribution in [0.1, 0.15) is 10.6 Å². The van der Waals surface area contributed by atoms with Crippen molar-refractivity contribution in [2.45, 2.75) is 18.0 Å². The first-order chi connectivity index (χ1) is 10.0. The Hall–Kier alpha value is -1.75. The summed E-state index contributed by atoms with van der Waals surface area (Å²) in [6.45, 7) is 1.59. The Morgan fingerprint density at radius 3 is 2.32 bits per heavy atom. The number of anilines is 1.